The highest BCUT2D eigenvalue weighted by Gasteiger charge is 2.11. The average Bonchev–Trinajstić information content (AvgIpc) is 2.40. The molecule has 2 aromatic rings. The van der Waals surface area contributed by atoms with Crippen LogP contribution >= 0.6 is 11.6 Å². The predicted molar refractivity (Wildman–Crippen MR) is 73.1 cm³/mol. The first kappa shape index (κ1) is 14.0. The SMILES string of the molecule is CC(NCc1cccc(F)c1Cl)c1ccccc1F. The maximum atomic E-state index is 13.6. The highest BCUT2D eigenvalue weighted by molar-refractivity contribution is 6.31. The number of benzene rings is 2. The van der Waals surface area contributed by atoms with Crippen LogP contribution in [0.15, 0.2) is 42.5 Å². The molecule has 0 aromatic heterocycles. The van der Waals surface area contributed by atoms with Crippen molar-refractivity contribution in [2.45, 2.75) is 19.5 Å². The van der Waals surface area contributed by atoms with Gasteiger partial charge in [-0.2, -0.15) is 0 Å². The second kappa shape index (κ2) is 6.13. The molecule has 19 heavy (non-hydrogen) atoms. The van der Waals surface area contributed by atoms with Crippen LogP contribution in [0, 0.1) is 11.6 Å². The van der Waals surface area contributed by atoms with E-state index < -0.39 is 5.82 Å². The van der Waals surface area contributed by atoms with E-state index in [1.165, 1.54) is 12.1 Å². The summed E-state index contributed by atoms with van der Waals surface area (Å²) in [6, 6.07) is 11.1. The lowest BCUT2D eigenvalue weighted by Gasteiger charge is -2.15. The molecule has 4 heteroatoms. The van der Waals surface area contributed by atoms with Crippen LogP contribution in [0.3, 0.4) is 0 Å². The Balaban J connectivity index is 2.07. The largest absolute Gasteiger partial charge is 0.306 e. The van der Waals surface area contributed by atoms with Crippen molar-refractivity contribution in [2.75, 3.05) is 0 Å². The third-order valence-electron chi connectivity index (χ3n) is 3.00. The first-order valence-electron chi connectivity index (χ1n) is 6.00. The van der Waals surface area contributed by atoms with E-state index in [2.05, 4.69) is 5.32 Å². The van der Waals surface area contributed by atoms with E-state index in [1.807, 2.05) is 6.92 Å². The lowest BCUT2D eigenvalue weighted by atomic mass is 10.1. The first-order valence-corrected chi connectivity index (χ1v) is 6.38. The molecule has 0 aliphatic carbocycles. The molecule has 0 aliphatic rings. The van der Waals surface area contributed by atoms with Gasteiger partial charge in [-0.1, -0.05) is 41.9 Å². The van der Waals surface area contributed by atoms with Crippen molar-refractivity contribution in [3.63, 3.8) is 0 Å². The summed E-state index contributed by atoms with van der Waals surface area (Å²) in [5, 5.41) is 3.24. The Labute approximate surface area is 116 Å². The van der Waals surface area contributed by atoms with E-state index in [4.69, 9.17) is 11.6 Å². The van der Waals surface area contributed by atoms with Crippen LogP contribution in [0.25, 0.3) is 0 Å². The third-order valence-corrected chi connectivity index (χ3v) is 3.43. The Morgan fingerprint density at radius 3 is 2.47 bits per heavy atom. The fraction of sp³-hybridized carbons (Fsp3) is 0.200. The molecule has 0 bridgehead atoms. The molecular weight excluding hydrogens is 268 g/mol. The number of nitrogens with one attached hydrogen (secondary N) is 1. The van der Waals surface area contributed by atoms with Gasteiger partial charge < -0.3 is 5.32 Å². The van der Waals surface area contributed by atoms with Crippen molar-refractivity contribution >= 4 is 11.6 Å². The second-order valence-corrected chi connectivity index (χ2v) is 4.72. The zero-order chi connectivity index (χ0) is 13.8. The zero-order valence-corrected chi connectivity index (χ0v) is 11.2. The molecule has 0 saturated heterocycles. The minimum atomic E-state index is -0.445. The van der Waals surface area contributed by atoms with E-state index in [1.54, 1.807) is 30.3 Å². The van der Waals surface area contributed by atoms with Gasteiger partial charge in [0.2, 0.25) is 0 Å². The van der Waals surface area contributed by atoms with Gasteiger partial charge in [0.05, 0.1) is 5.02 Å². The van der Waals surface area contributed by atoms with Crippen molar-refractivity contribution in [3.05, 3.63) is 70.2 Å². The summed E-state index contributed by atoms with van der Waals surface area (Å²) in [4.78, 5) is 0. The molecule has 0 spiro atoms. The summed E-state index contributed by atoms with van der Waals surface area (Å²) in [5.74, 6) is -0.702. The quantitative estimate of drug-likeness (QED) is 0.872. The third kappa shape index (κ3) is 3.31. The van der Waals surface area contributed by atoms with E-state index in [9.17, 15) is 8.78 Å². The summed E-state index contributed by atoms with van der Waals surface area (Å²) in [5.41, 5.74) is 1.24. The van der Waals surface area contributed by atoms with Crippen LogP contribution in [-0.4, -0.2) is 0 Å². The number of hydrogen-bond donors (Lipinski definition) is 1. The van der Waals surface area contributed by atoms with Crippen molar-refractivity contribution < 1.29 is 8.78 Å². The van der Waals surface area contributed by atoms with Crippen molar-refractivity contribution in [1.29, 1.82) is 0 Å². The summed E-state index contributed by atoms with van der Waals surface area (Å²) >= 11 is 5.86. The van der Waals surface area contributed by atoms with Gasteiger partial charge >= 0.3 is 0 Å². The molecule has 0 saturated carbocycles. The molecule has 0 fully saturated rings. The van der Waals surface area contributed by atoms with Gasteiger partial charge in [-0.25, -0.2) is 8.78 Å². The van der Waals surface area contributed by atoms with E-state index >= 15 is 0 Å². The van der Waals surface area contributed by atoms with Gasteiger partial charge in [0.25, 0.3) is 0 Å². The summed E-state index contributed by atoms with van der Waals surface area (Å²) < 4.78 is 26.9. The van der Waals surface area contributed by atoms with Crippen molar-refractivity contribution in [3.8, 4) is 0 Å². The Morgan fingerprint density at radius 2 is 1.74 bits per heavy atom. The second-order valence-electron chi connectivity index (χ2n) is 4.34. The van der Waals surface area contributed by atoms with Gasteiger partial charge in [0.1, 0.15) is 11.6 Å². The monoisotopic (exact) mass is 281 g/mol. The fourth-order valence-electron chi connectivity index (χ4n) is 1.88. The molecular formula is C15H14ClF2N. The van der Waals surface area contributed by atoms with E-state index in [-0.39, 0.29) is 16.9 Å². The van der Waals surface area contributed by atoms with Crippen LogP contribution in [0.5, 0.6) is 0 Å². The van der Waals surface area contributed by atoms with E-state index in [0.29, 0.717) is 17.7 Å². The summed E-state index contributed by atoms with van der Waals surface area (Å²) in [7, 11) is 0. The highest BCUT2D eigenvalue weighted by Crippen LogP contribution is 2.21. The van der Waals surface area contributed by atoms with Crippen LogP contribution in [0.4, 0.5) is 8.78 Å². The van der Waals surface area contributed by atoms with Crippen LogP contribution in [-0.2, 0) is 6.54 Å². The van der Waals surface area contributed by atoms with Crippen LogP contribution < -0.4 is 5.32 Å². The number of rotatable bonds is 4. The molecule has 0 aliphatic heterocycles. The Bertz CT molecular complexity index is 572. The van der Waals surface area contributed by atoms with Crippen molar-refractivity contribution in [2.24, 2.45) is 0 Å². The average molecular weight is 282 g/mol. The van der Waals surface area contributed by atoms with Gasteiger partial charge in [-0.15, -0.1) is 0 Å². The topological polar surface area (TPSA) is 12.0 Å². The normalized spacial score (nSPS) is 12.4. The molecule has 0 heterocycles. The molecule has 1 N–H and O–H groups in total. The Morgan fingerprint density at radius 1 is 1.05 bits per heavy atom. The molecule has 100 valence electrons. The zero-order valence-electron chi connectivity index (χ0n) is 10.5. The van der Waals surface area contributed by atoms with Gasteiger partial charge in [-0.05, 0) is 24.6 Å². The maximum absolute atomic E-state index is 13.6. The molecule has 1 nitrogen and oxygen atoms in total. The molecule has 1 atom stereocenters. The van der Waals surface area contributed by atoms with Crippen molar-refractivity contribution in [1.82, 2.24) is 5.32 Å². The molecule has 0 amide bonds. The van der Waals surface area contributed by atoms with E-state index in [0.717, 1.165) is 0 Å². The summed E-state index contributed by atoms with van der Waals surface area (Å²) in [6.07, 6.45) is 0. The molecule has 2 rings (SSSR count). The number of hydrogen-bond acceptors (Lipinski definition) is 1. The molecule has 2 aromatic carbocycles. The molecule has 0 radical (unpaired) electrons. The standard InChI is InChI=1S/C15H14ClF2N/c1-10(12-6-2-3-7-13(12)17)19-9-11-5-4-8-14(18)15(11)16/h2-8,10,19H,9H2,1H3. The lowest BCUT2D eigenvalue weighted by molar-refractivity contribution is 0.527. The Hall–Kier alpha value is -1.45. The maximum Gasteiger partial charge on any atom is 0.142 e. The first-order chi connectivity index (χ1) is 9.09. The Kier molecular flexibility index (Phi) is 4.51. The number of halogens is 3. The lowest BCUT2D eigenvalue weighted by Crippen LogP contribution is -2.19. The van der Waals surface area contributed by atoms with Gasteiger partial charge in [0, 0.05) is 18.2 Å². The van der Waals surface area contributed by atoms with Crippen LogP contribution in [0.1, 0.15) is 24.1 Å². The van der Waals surface area contributed by atoms with Gasteiger partial charge in [-0.3, -0.25) is 0 Å². The summed E-state index contributed by atoms with van der Waals surface area (Å²) in [6.45, 7) is 2.23. The smallest absolute Gasteiger partial charge is 0.142 e. The minimum Gasteiger partial charge on any atom is -0.306 e. The minimum absolute atomic E-state index is 0.107. The molecule has 1 unspecified atom stereocenters. The predicted octanol–water partition coefficient (Wildman–Crippen LogP) is 4.47. The van der Waals surface area contributed by atoms with Crippen LogP contribution in [0.2, 0.25) is 5.02 Å². The van der Waals surface area contributed by atoms with Gasteiger partial charge in [0.15, 0.2) is 0 Å². The fourth-order valence-corrected chi connectivity index (χ4v) is 2.08. The highest BCUT2D eigenvalue weighted by atomic mass is 35.5.